The lowest BCUT2D eigenvalue weighted by atomic mass is 10.1. The van der Waals surface area contributed by atoms with Crippen LogP contribution in [-0.2, 0) is 13.8 Å². The summed E-state index contributed by atoms with van der Waals surface area (Å²) in [7, 11) is -5.29. The molecule has 13 nitrogen and oxygen atoms in total. The lowest BCUT2D eigenvalue weighted by Crippen LogP contribution is -2.34. The van der Waals surface area contributed by atoms with Gasteiger partial charge in [0.05, 0.1) is 26.3 Å². The van der Waals surface area contributed by atoms with Gasteiger partial charge >= 0.3 is 5.97 Å². The highest BCUT2D eigenvalue weighted by Crippen LogP contribution is 2.35. The van der Waals surface area contributed by atoms with Crippen LogP contribution in [0.1, 0.15) is 16.6 Å². The number of rotatable bonds is 6. The van der Waals surface area contributed by atoms with Crippen molar-refractivity contribution in [2.24, 2.45) is 0 Å². The maximum absolute atomic E-state index is 11.3. The molecule has 1 aliphatic rings. The van der Waals surface area contributed by atoms with E-state index < -0.39 is 44.9 Å². The number of benzene rings is 1. The second-order valence-electron chi connectivity index (χ2n) is 6.72. The fourth-order valence-electron chi connectivity index (χ4n) is 3.31. The molecular formula is C17H15N4O9P-2. The summed E-state index contributed by atoms with van der Waals surface area (Å²) in [6.45, 7) is -0.770. The van der Waals surface area contributed by atoms with Crippen molar-refractivity contribution in [3.05, 3.63) is 42.5 Å². The zero-order chi connectivity index (χ0) is 22.3. The van der Waals surface area contributed by atoms with Crippen LogP contribution in [0.3, 0.4) is 0 Å². The number of carboxylic acids is 1. The minimum atomic E-state index is -5.29. The molecule has 0 radical (unpaired) electrons. The van der Waals surface area contributed by atoms with Crippen molar-refractivity contribution in [1.82, 2.24) is 19.5 Å². The predicted octanol–water partition coefficient (Wildman–Crippen LogP) is -1.34. The first-order chi connectivity index (χ1) is 14.7. The number of fused-ring (bicyclic) bond motifs is 1. The van der Waals surface area contributed by atoms with E-state index in [0.29, 0.717) is 11.3 Å². The van der Waals surface area contributed by atoms with Gasteiger partial charge < -0.3 is 38.9 Å². The first kappa shape index (κ1) is 21.5. The lowest BCUT2D eigenvalue weighted by molar-refractivity contribution is -0.343. The highest BCUT2D eigenvalue weighted by molar-refractivity contribution is 7.43. The summed E-state index contributed by atoms with van der Waals surface area (Å²) in [6.07, 6.45) is -3.05. The molecule has 2 aromatic heterocycles. The maximum Gasteiger partial charge on any atom is 0.335 e. The molecule has 3 heterocycles. The Kier molecular flexibility index (Phi) is 5.58. The van der Waals surface area contributed by atoms with Crippen molar-refractivity contribution in [1.29, 1.82) is 0 Å². The van der Waals surface area contributed by atoms with E-state index in [1.165, 1.54) is 29.4 Å². The van der Waals surface area contributed by atoms with Crippen LogP contribution in [0, 0.1) is 0 Å². The van der Waals surface area contributed by atoms with Gasteiger partial charge in [0.25, 0.3) is 0 Å². The van der Waals surface area contributed by atoms with Gasteiger partial charge in [-0.25, -0.2) is 19.7 Å². The number of aliphatic hydroxyl groups excluding tert-OH is 2. The average Bonchev–Trinajstić information content (AvgIpc) is 3.27. The Morgan fingerprint density at radius 2 is 2.00 bits per heavy atom. The molecule has 4 atom stereocenters. The smallest absolute Gasteiger partial charge is 0.335 e. The molecule has 0 saturated carbocycles. The van der Waals surface area contributed by atoms with Crippen LogP contribution < -0.4 is 9.79 Å². The van der Waals surface area contributed by atoms with Crippen molar-refractivity contribution in [3.8, 4) is 11.3 Å². The maximum atomic E-state index is 11.3. The number of phosphoric ester groups is 1. The standard InChI is InChI=1S/C17H17N4O9P/c22-13-10(5-29-31(26,27)28)30-16(14(13)23)21-7-20-12-11(18-6-19-15(12)21)8-2-1-3-9(4-8)17(24)25/h1-4,6-7,10,13-14,16,22-23H,5H2,(H,24,25)(H2,26,27,28)/p-2/t10-,13-,14-,16-/m1/s1. The molecule has 164 valence electrons. The number of nitrogens with zero attached hydrogens (tertiary/aromatic N) is 4. The van der Waals surface area contributed by atoms with Crippen LogP contribution in [0.4, 0.5) is 0 Å². The van der Waals surface area contributed by atoms with Gasteiger partial charge in [-0.2, -0.15) is 0 Å². The molecule has 0 unspecified atom stereocenters. The van der Waals surface area contributed by atoms with E-state index in [9.17, 15) is 34.5 Å². The molecule has 3 N–H and O–H groups in total. The second kappa shape index (κ2) is 8.05. The first-order valence-corrected chi connectivity index (χ1v) is 10.3. The van der Waals surface area contributed by atoms with Crippen molar-refractivity contribution < 1.29 is 43.7 Å². The largest absolute Gasteiger partial charge is 0.790 e. The van der Waals surface area contributed by atoms with Crippen molar-refractivity contribution >= 4 is 25.0 Å². The van der Waals surface area contributed by atoms with E-state index in [4.69, 9.17) is 4.74 Å². The number of aromatic nitrogens is 4. The zero-order valence-corrected chi connectivity index (χ0v) is 16.4. The fourth-order valence-corrected chi connectivity index (χ4v) is 3.64. The van der Waals surface area contributed by atoms with E-state index >= 15 is 0 Å². The van der Waals surface area contributed by atoms with E-state index in [1.54, 1.807) is 12.1 Å². The Morgan fingerprint density at radius 1 is 1.23 bits per heavy atom. The number of carbonyl (C=O) groups is 1. The van der Waals surface area contributed by atoms with Gasteiger partial charge in [0, 0.05) is 5.56 Å². The van der Waals surface area contributed by atoms with Gasteiger partial charge in [0.1, 0.15) is 35.8 Å². The third-order valence-electron chi connectivity index (χ3n) is 4.75. The van der Waals surface area contributed by atoms with Gasteiger partial charge in [-0.05, 0) is 12.1 Å². The Morgan fingerprint density at radius 3 is 2.71 bits per heavy atom. The molecule has 1 fully saturated rings. The molecule has 0 amide bonds. The molecule has 1 aliphatic heterocycles. The quantitative estimate of drug-likeness (QED) is 0.373. The summed E-state index contributed by atoms with van der Waals surface area (Å²) < 4.78 is 21.6. The molecule has 14 heteroatoms. The van der Waals surface area contributed by atoms with Crippen LogP contribution in [0.5, 0.6) is 0 Å². The van der Waals surface area contributed by atoms with Crippen LogP contribution in [0.25, 0.3) is 22.4 Å². The molecule has 4 rings (SSSR count). The summed E-state index contributed by atoms with van der Waals surface area (Å²) in [6, 6.07) is 6.05. The SMILES string of the molecule is O=C(O)c1cccc(-c2ncnc3c2ncn3[C@@H]2O[C@H](COP(=O)([O-])[O-])[C@@H](O)[C@H]2O)c1. The van der Waals surface area contributed by atoms with E-state index in [0.717, 1.165) is 0 Å². The van der Waals surface area contributed by atoms with Gasteiger partial charge in [-0.1, -0.05) is 12.1 Å². The number of hydrogen-bond acceptors (Lipinski definition) is 11. The number of aliphatic hydroxyl groups is 2. The molecule has 1 saturated heterocycles. The van der Waals surface area contributed by atoms with Crippen LogP contribution >= 0.6 is 7.82 Å². The second-order valence-corrected chi connectivity index (χ2v) is 7.87. The van der Waals surface area contributed by atoms with E-state index in [1.807, 2.05) is 0 Å². The highest BCUT2D eigenvalue weighted by atomic mass is 31.2. The summed E-state index contributed by atoms with van der Waals surface area (Å²) in [5.74, 6) is -1.11. The number of hydrogen-bond donors (Lipinski definition) is 3. The molecular weight excluding hydrogens is 435 g/mol. The van der Waals surface area contributed by atoms with Crippen LogP contribution in [0.2, 0.25) is 0 Å². The predicted molar refractivity (Wildman–Crippen MR) is 97.2 cm³/mol. The Labute approximate surface area is 173 Å². The van der Waals surface area contributed by atoms with E-state index in [2.05, 4.69) is 19.5 Å². The molecule has 1 aromatic carbocycles. The Hall–Kier alpha value is -2.77. The minimum Gasteiger partial charge on any atom is -0.790 e. The number of carboxylic acid groups (broad SMARTS) is 1. The van der Waals surface area contributed by atoms with Gasteiger partial charge in [0.2, 0.25) is 0 Å². The highest BCUT2D eigenvalue weighted by Gasteiger charge is 2.44. The summed E-state index contributed by atoms with van der Waals surface area (Å²) in [4.78, 5) is 45.1. The third-order valence-corrected chi connectivity index (χ3v) is 5.22. The number of imidazole rings is 1. The Balaban J connectivity index is 1.68. The molecule has 0 spiro atoms. The monoisotopic (exact) mass is 450 g/mol. The number of phosphoric acid groups is 1. The molecule has 31 heavy (non-hydrogen) atoms. The molecule has 0 bridgehead atoms. The van der Waals surface area contributed by atoms with Gasteiger partial charge in [0.15, 0.2) is 11.9 Å². The lowest BCUT2D eigenvalue weighted by Gasteiger charge is -2.30. The average molecular weight is 450 g/mol. The number of ether oxygens (including phenoxy) is 1. The number of aromatic carboxylic acids is 1. The topological polar surface area (TPSA) is 203 Å². The normalized spacial score (nSPS) is 24.0. The Bertz CT molecular complexity index is 1180. The van der Waals surface area contributed by atoms with Crippen LogP contribution in [0.15, 0.2) is 36.9 Å². The van der Waals surface area contributed by atoms with Crippen molar-refractivity contribution in [2.45, 2.75) is 24.5 Å². The first-order valence-electron chi connectivity index (χ1n) is 8.85. The summed E-state index contributed by atoms with van der Waals surface area (Å²) in [5.41, 5.74) is 1.34. The minimum absolute atomic E-state index is 0.0539. The fraction of sp³-hybridized carbons (Fsp3) is 0.294. The van der Waals surface area contributed by atoms with Gasteiger partial charge in [-0.15, -0.1) is 0 Å². The summed E-state index contributed by atoms with van der Waals surface area (Å²) >= 11 is 0. The van der Waals surface area contributed by atoms with Crippen LogP contribution in [-0.4, -0.2) is 65.7 Å². The van der Waals surface area contributed by atoms with Crippen molar-refractivity contribution in [3.63, 3.8) is 0 Å². The van der Waals surface area contributed by atoms with Gasteiger partial charge in [-0.3, -0.25) is 4.57 Å². The molecule has 0 aliphatic carbocycles. The zero-order valence-electron chi connectivity index (χ0n) is 15.5. The third kappa shape index (κ3) is 4.20. The van der Waals surface area contributed by atoms with E-state index in [-0.39, 0.29) is 16.7 Å². The summed E-state index contributed by atoms with van der Waals surface area (Å²) in [5, 5.41) is 29.7. The van der Waals surface area contributed by atoms with Crippen molar-refractivity contribution in [2.75, 3.05) is 6.61 Å². The molecule has 3 aromatic rings.